The van der Waals surface area contributed by atoms with E-state index in [0.717, 1.165) is 11.3 Å². The first-order valence-corrected chi connectivity index (χ1v) is 6.01. The highest BCUT2D eigenvalue weighted by Crippen LogP contribution is 2.18. The predicted octanol–water partition coefficient (Wildman–Crippen LogP) is 0.305. The lowest BCUT2D eigenvalue weighted by Gasteiger charge is -2.13. The van der Waals surface area contributed by atoms with E-state index in [2.05, 4.69) is 20.8 Å². The Morgan fingerprint density at radius 2 is 2.29 bits per heavy atom. The molecule has 0 saturated carbocycles. The summed E-state index contributed by atoms with van der Waals surface area (Å²) < 4.78 is 6.38. The minimum atomic E-state index is -0.710. The largest absolute Gasteiger partial charge is 0.383 e. The molecule has 3 N–H and O–H groups in total. The Morgan fingerprint density at radius 3 is 2.90 bits per heavy atom. The molecule has 8 nitrogen and oxygen atoms in total. The number of anilines is 1. The topological polar surface area (TPSA) is 108 Å². The minimum Gasteiger partial charge on any atom is -0.383 e. The summed E-state index contributed by atoms with van der Waals surface area (Å²) in [6, 6.07) is 4.73. The van der Waals surface area contributed by atoms with E-state index in [1.165, 1.54) is 18.1 Å². The lowest BCUT2D eigenvalue weighted by molar-refractivity contribution is -0.118. The van der Waals surface area contributed by atoms with Gasteiger partial charge in [0, 0.05) is 12.8 Å². The summed E-state index contributed by atoms with van der Waals surface area (Å²) in [6.45, 7) is 2.09. The molecule has 21 heavy (non-hydrogen) atoms. The molecule has 0 aliphatic heterocycles. The van der Waals surface area contributed by atoms with E-state index >= 15 is 0 Å². The van der Waals surface area contributed by atoms with Crippen molar-refractivity contribution in [2.75, 3.05) is 19.0 Å². The number of amides is 1. The molecule has 114 valence electrons. The van der Waals surface area contributed by atoms with Gasteiger partial charge in [-0.05, 0) is 35.0 Å². The molecule has 0 saturated heterocycles. The number of nitrogens with one attached hydrogen (secondary N) is 1. The summed E-state index contributed by atoms with van der Waals surface area (Å²) in [4.78, 5) is 11.8. The highest BCUT2D eigenvalue weighted by molar-refractivity contribution is 5.95. The van der Waals surface area contributed by atoms with Gasteiger partial charge in [-0.2, -0.15) is 0 Å². The minimum absolute atomic E-state index is 0. The van der Waals surface area contributed by atoms with E-state index in [1.807, 2.05) is 13.0 Å². The number of halogens is 1. The molecule has 1 aromatic heterocycles. The van der Waals surface area contributed by atoms with Crippen LogP contribution in [0.1, 0.15) is 5.56 Å². The Hall–Kier alpha value is -2.03. The maximum atomic E-state index is 11.8. The van der Waals surface area contributed by atoms with E-state index < -0.39 is 6.04 Å². The van der Waals surface area contributed by atoms with Gasteiger partial charge >= 0.3 is 0 Å². The third-order valence-corrected chi connectivity index (χ3v) is 2.76. The van der Waals surface area contributed by atoms with Crippen molar-refractivity contribution in [3.63, 3.8) is 0 Å². The first kappa shape index (κ1) is 17.0. The summed E-state index contributed by atoms with van der Waals surface area (Å²) in [7, 11) is 1.49. The number of carbonyl (C=O) groups is 1. The Morgan fingerprint density at radius 1 is 1.52 bits per heavy atom. The molecule has 2 rings (SSSR count). The number of tetrazole rings is 1. The van der Waals surface area contributed by atoms with Crippen LogP contribution in [0.4, 0.5) is 5.69 Å². The monoisotopic (exact) mass is 312 g/mol. The van der Waals surface area contributed by atoms with E-state index in [-0.39, 0.29) is 24.9 Å². The van der Waals surface area contributed by atoms with Gasteiger partial charge in [-0.15, -0.1) is 17.5 Å². The van der Waals surface area contributed by atoms with E-state index in [4.69, 9.17) is 10.5 Å². The Balaban J connectivity index is 0.00000220. The maximum Gasteiger partial charge on any atom is 0.243 e. The standard InChI is InChI=1S/C12H16N6O2.ClH/c1-8-3-4-9(15-12(19)10(13)6-20-2)5-11(8)18-7-14-16-17-18;/h3-5,7,10H,6,13H2,1-2H3,(H,15,19);1H. The van der Waals surface area contributed by atoms with Crippen molar-refractivity contribution in [1.29, 1.82) is 0 Å². The molecule has 1 amide bonds. The number of rotatable bonds is 5. The molecule has 2 aromatic rings. The van der Waals surface area contributed by atoms with Gasteiger partial charge in [-0.3, -0.25) is 4.79 Å². The molecule has 0 spiro atoms. The fourth-order valence-corrected chi connectivity index (χ4v) is 1.70. The zero-order valence-electron chi connectivity index (χ0n) is 11.7. The molecule has 0 bridgehead atoms. The fraction of sp³-hybridized carbons (Fsp3) is 0.333. The van der Waals surface area contributed by atoms with Gasteiger partial charge in [0.1, 0.15) is 12.4 Å². The second kappa shape index (κ2) is 7.67. The molecule has 0 aliphatic rings. The number of aryl methyl sites for hydroxylation is 1. The molecule has 0 fully saturated rings. The maximum absolute atomic E-state index is 11.8. The van der Waals surface area contributed by atoms with Crippen LogP contribution in [-0.2, 0) is 9.53 Å². The average molecular weight is 313 g/mol. The summed E-state index contributed by atoms with van der Waals surface area (Å²) >= 11 is 0. The van der Waals surface area contributed by atoms with Crippen molar-refractivity contribution in [3.05, 3.63) is 30.1 Å². The van der Waals surface area contributed by atoms with E-state index in [1.54, 1.807) is 12.1 Å². The van der Waals surface area contributed by atoms with E-state index in [0.29, 0.717) is 5.69 Å². The molecular weight excluding hydrogens is 296 g/mol. The third kappa shape index (κ3) is 4.22. The van der Waals surface area contributed by atoms with Crippen molar-refractivity contribution in [3.8, 4) is 5.69 Å². The van der Waals surface area contributed by atoms with Crippen LogP contribution in [0.25, 0.3) is 5.69 Å². The second-order valence-corrected chi connectivity index (χ2v) is 4.31. The number of nitrogens with two attached hydrogens (primary N) is 1. The van der Waals surface area contributed by atoms with Crippen molar-refractivity contribution in [2.45, 2.75) is 13.0 Å². The van der Waals surface area contributed by atoms with Crippen molar-refractivity contribution < 1.29 is 9.53 Å². The first-order chi connectivity index (χ1) is 9.61. The highest BCUT2D eigenvalue weighted by atomic mass is 35.5. The van der Waals surface area contributed by atoms with Crippen LogP contribution in [0, 0.1) is 6.92 Å². The van der Waals surface area contributed by atoms with Crippen LogP contribution in [-0.4, -0.2) is 45.9 Å². The molecule has 1 atom stereocenters. The van der Waals surface area contributed by atoms with Gasteiger partial charge < -0.3 is 15.8 Å². The van der Waals surface area contributed by atoms with Crippen LogP contribution >= 0.6 is 12.4 Å². The zero-order valence-corrected chi connectivity index (χ0v) is 12.5. The van der Waals surface area contributed by atoms with Crippen LogP contribution in [0.3, 0.4) is 0 Å². The summed E-state index contributed by atoms with van der Waals surface area (Å²) in [5, 5.41) is 13.7. The fourth-order valence-electron chi connectivity index (χ4n) is 1.70. The molecule has 1 heterocycles. The number of nitrogens with zero attached hydrogens (tertiary/aromatic N) is 4. The summed E-state index contributed by atoms with van der Waals surface area (Å²) in [5.41, 5.74) is 8.05. The van der Waals surface area contributed by atoms with Gasteiger partial charge in [0.05, 0.1) is 12.3 Å². The summed E-state index contributed by atoms with van der Waals surface area (Å²) in [6.07, 6.45) is 1.49. The van der Waals surface area contributed by atoms with Gasteiger partial charge in [-0.25, -0.2) is 4.68 Å². The van der Waals surface area contributed by atoms with Crippen LogP contribution in [0.5, 0.6) is 0 Å². The van der Waals surface area contributed by atoms with Gasteiger partial charge in [0.25, 0.3) is 0 Å². The van der Waals surface area contributed by atoms with Crippen molar-refractivity contribution >= 4 is 24.0 Å². The van der Waals surface area contributed by atoms with E-state index in [9.17, 15) is 4.79 Å². The molecule has 9 heteroatoms. The second-order valence-electron chi connectivity index (χ2n) is 4.31. The lowest BCUT2D eigenvalue weighted by Crippen LogP contribution is -2.39. The van der Waals surface area contributed by atoms with Crippen LogP contribution < -0.4 is 11.1 Å². The number of hydrogen-bond acceptors (Lipinski definition) is 6. The number of ether oxygens (including phenoxy) is 1. The van der Waals surface area contributed by atoms with Crippen molar-refractivity contribution in [2.24, 2.45) is 5.73 Å². The lowest BCUT2D eigenvalue weighted by atomic mass is 10.1. The quantitative estimate of drug-likeness (QED) is 0.822. The smallest absolute Gasteiger partial charge is 0.243 e. The van der Waals surface area contributed by atoms with Crippen LogP contribution in [0.15, 0.2) is 24.5 Å². The average Bonchev–Trinajstić information content (AvgIpc) is 2.95. The SMILES string of the molecule is COCC(N)C(=O)Nc1ccc(C)c(-n2cnnn2)c1.Cl. The summed E-state index contributed by atoms with van der Waals surface area (Å²) in [5.74, 6) is -0.307. The van der Waals surface area contributed by atoms with Gasteiger partial charge in [-0.1, -0.05) is 6.07 Å². The van der Waals surface area contributed by atoms with Crippen LogP contribution in [0.2, 0.25) is 0 Å². The number of benzene rings is 1. The zero-order chi connectivity index (χ0) is 14.5. The van der Waals surface area contributed by atoms with Crippen molar-refractivity contribution in [1.82, 2.24) is 20.2 Å². The number of hydrogen-bond donors (Lipinski definition) is 2. The van der Waals surface area contributed by atoms with Gasteiger partial charge in [0.2, 0.25) is 5.91 Å². The Kier molecular flexibility index (Phi) is 6.22. The molecule has 0 radical (unpaired) electrons. The predicted molar refractivity (Wildman–Crippen MR) is 79.6 cm³/mol. The molecule has 1 unspecified atom stereocenters. The number of carbonyl (C=O) groups excluding carboxylic acids is 1. The normalized spacial score (nSPS) is 11.6. The highest BCUT2D eigenvalue weighted by Gasteiger charge is 2.14. The molecule has 0 aliphatic carbocycles. The third-order valence-electron chi connectivity index (χ3n) is 2.76. The first-order valence-electron chi connectivity index (χ1n) is 6.01. The molecule has 1 aromatic carbocycles. The molecular formula is C12H17ClN6O2. The number of aromatic nitrogens is 4. The Bertz CT molecular complexity index is 589. The van der Waals surface area contributed by atoms with Gasteiger partial charge in [0.15, 0.2) is 0 Å². The Labute approximate surface area is 128 Å². The number of methoxy groups -OCH3 is 1.